The molecular weight excluding hydrogens is 466 g/mol. The average molecular weight is 496 g/mol. The first-order valence-corrected chi connectivity index (χ1v) is 13.2. The standard InChI is InChI=1S/C29H29N5OS/c1-19-6-3-4-9-23(19)20-7-5-8-22(16-20)32-28-31-18-21-10-11-25-24(26(21)33-28)17-29(2,36-25)27(35)34-14-12-30-13-15-34/h3-11,16,18,30H,12-15,17H2,1-2H3,(H,31,32,33). The van der Waals surface area contributed by atoms with Gasteiger partial charge in [0, 0.05) is 48.3 Å². The van der Waals surface area contributed by atoms with Gasteiger partial charge in [0.1, 0.15) is 4.75 Å². The predicted molar refractivity (Wildman–Crippen MR) is 147 cm³/mol. The first kappa shape index (κ1) is 23.0. The highest BCUT2D eigenvalue weighted by atomic mass is 32.2. The maximum Gasteiger partial charge on any atom is 0.239 e. The van der Waals surface area contributed by atoms with E-state index in [-0.39, 0.29) is 5.91 Å². The van der Waals surface area contributed by atoms with E-state index in [9.17, 15) is 4.79 Å². The lowest BCUT2D eigenvalue weighted by Gasteiger charge is -2.33. The van der Waals surface area contributed by atoms with Crippen LogP contribution in [0.15, 0.2) is 71.8 Å². The summed E-state index contributed by atoms with van der Waals surface area (Å²) in [4.78, 5) is 26.1. The quantitative estimate of drug-likeness (QED) is 0.406. The molecule has 4 aromatic rings. The Morgan fingerprint density at radius 1 is 1.08 bits per heavy atom. The van der Waals surface area contributed by atoms with Crippen molar-refractivity contribution in [3.05, 3.63) is 78.0 Å². The number of carbonyl (C=O) groups excluding carboxylic acids is 1. The number of nitrogens with one attached hydrogen (secondary N) is 2. The lowest BCUT2D eigenvalue weighted by Crippen LogP contribution is -2.52. The van der Waals surface area contributed by atoms with E-state index in [1.54, 1.807) is 11.8 Å². The Bertz CT molecular complexity index is 1470. The molecule has 1 atom stereocenters. The second kappa shape index (κ2) is 9.22. The second-order valence-electron chi connectivity index (χ2n) is 9.75. The number of amides is 1. The number of rotatable bonds is 4. The van der Waals surface area contributed by atoms with Crippen LogP contribution in [0.4, 0.5) is 11.6 Å². The molecule has 6 rings (SSSR count). The highest BCUT2D eigenvalue weighted by Crippen LogP contribution is 2.48. The van der Waals surface area contributed by atoms with Gasteiger partial charge in [0.05, 0.1) is 5.52 Å². The van der Waals surface area contributed by atoms with Crippen molar-refractivity contribution in [3.8, 4) is 11.1 Å². The average Bonchev–Trinajstić information content (AvgIpc) is 3.27. The van der Waals surface area contributed by atoms with Gasteiger partial charge in [-0.1, -0.05) is 42.5 Å². The van der Waals surface area contributed by atoms with Crippen LogP contribution in [-0.2, 0) is 11.2 Å². The van der Waals surface area contributed by atoms with Gasteiger partial charge in [-0.05, 0) is 60.7 Å². The third-order valence-corrected chi connectivity index (χ3v) is 8.47. The lowest BCUT2D eigenvalue weighted by atomic mass is 9.97. The molecule has 1 fully saturated rings. The molecule has 1 aromatic heterocycles. The molecule has 2 aliphatic rings. The summed E-state index contributed by atoms with van der Waals surface area (Å²) < 4.78 is -0.506. The highest BCUT2D eigenvalue weighted by Gasteiger charge is 2.44. The zero-order valence-electron chi connectivity index (χ0n) is 20.5. The van der Waals surface area contributed by atoms with Crippen LogP contribution in [0.25, 0.3) is 22.0 Å². The maximum absolute atomic E-state index is 13.4. The van der Waals surface area contributed by atoms with Crippen LogP contribution in [0.3, 0.4) is 0 Å². The maximum atomic E-state index is 13.4. The van der Waals surface area contributed by atoms with E-state index in [1.807, 2.05) is 23.2 Å². The zero-order chi connectivity index (χ0) is 24.7. The van der Waals surface area contributed by atoms with E-state index in [0.29, 0.717) is 12.4 Å². The summed E-state index contributed by atoms with van der Waals surface area (Å²) in [6.07, 6.45) is 2.54. The van der Waals surface area contributed by atoms with Gasteiger partial charge < -0.3 is 15.5 Å². The van der Waals surface area contributed by atoms with Gasteiger partial charge in [0.25, 0.3) is 0 Å². The molecule has 3 aromatic carbocycles. The van der Waals surface area contributed by atoms with Crippen molar-refractivity contribution in [1.29, 1.82) is 0 Å². The smallest absolute Gasteiger partial charge is 0.239 e. The molecule has 0 saturated carbocycles. The molecule has 0 radical (unpaired) electrons. The van der Waals surface area contributed by atoms with Crippen LogP contribution in [-0.4, -0.2) is 51.7 Å². The van der Waals surface area contributed by atoms with Crippen LogP contribution in [0, 0.1) is 6.92 Å². The number of hydrogen-bond donors (Lipinski definition) is 2. The number of aryl methyl sites for hydroxylation is 1. The molecular formula is C29H29N5OS. The minimum Gasteiger partial charge on any atom is -0.339 e. The Kier molecular flexibility index (Phi) is 5.90. The number of anilines is 2. The molecule has 0 bridgehead atoms. The molecule has 2 aliphatic heterocycles. The van der Waals surface area contributed by atoms with E-state index in [1.165, 1.54) is 11.1 Å². The van der Waals surface area contributed by atoms with E-state index >= 15 is 0 Å². The first-order valence-electron chi connectivity index (χ1n) is 12.4. The number of fused-ring (bicyclic) bond motifs is 3. The Morgan fingerprint density at radius 3 is 2.75 bits per heavy atom. The molecule has 0 aliphatic carbocycles. The fourth-order valence-corrected chi connectivity index (χ4v) is 6.54. The molecule has 1 amide bonds. The SMILES string of the molecule is Cc1ccccc1-c1cccc(Nc2ncc3ccc4c(c3n2)CC(C)(C(=O)N2CCNCC2)S4)c1. The normalized spacial score (nSPS) is 19.3. The van der Waals surface area contributed by atoms with Crippen molar-refractivity contribution < 1.29 is 4.79 Å². The Labute approximate surface area is 215 Å². The third kappa shape index (κ3) is 4.22. The summed E-state index contributed by atoms with van der Waals surface area (Å²) in [5, 5.41) is 7.72. The van der Waals surface area contributed by atoms with Crippen LogP contribution >= 0.6 is 11.8 Å². The van der Waals surface area contributed by atoms with E-state index in [0.717, 1.165) is 58.8 Å². The Hall–Kier alpha value is -3.42. The second-order valence-corrected chi connectivity index (χ2v) is 11.3. The monoisotopic (exact) mass is 495 g/mol. The van der Waals surface area contributed by atoms with E-state index in [2.05, 4.69) is 78.0 Å². The van der Waals surface area contributed by atoms with Crippen LogP contribution in [0.2, 0.25) is 0 Å². The molecule has 1 saturated heterocycles. The van der Waals surface area contributed by atoms with Crippen molar-refractivity contribution in [2.45, 2.75) is 29.9 Å². The molecule has 7 heteroatoms. The van der Waals surface area contributed by atoms with Gasteiger partial charge in [-0.3, -0.25) is 4.79 Å². The number of piperazine rings is 1. The number of benzene rings is 3. The van der Waals surface area contributed by atoms with Crippen molar-refractivity contribution >= 4 is 40.2 Å². The largest absolute Gasteiger partial charge is 0.339 e. The molecule has 1 unspecified atom stereocenters. The fourth-order valence-electron chi connectivity index (χ4n) is 5.19. The highest BCUT2D eigenvalue weighted by molar-refractivity contribution is 8.01. The van der Waals surface area contributed by atoms with Crippen LogP contribution in [0.5, 0.6) is 0 Å². The van der Waals surface area contributed by atoms with Crippen molar-refractivity contribution in [3.63, 3.8) is 0 Å². The Morgan fingerprint density at radius 2 is 1.92 bits per heavy atom. The minimum atomic E-state index is -0.506. The minimum absolute atomic E-state index is 0.221. The molecule has 0 spiro atoms. The van der Waals surface area contributed by atoms with Crippen molar-refractivity contribution in [2.24, 2.45) is 0 Å². The molecule has 36 heavy (non-hydrogen) atoms. The predicted octanol–water partition coefficient (Wildman–Crippen LogP) is 5.19. The van der Waals surface area contributed by atoms with Crippen molar-refractivity contribution in [2.75, 3.05) is 31.5 Å². The summed E-state index contributed by atoms with van der Waals surface area (Å²) in [6, 6.07) is 20.9. The zero-order valence-corrected chi connectivity index (χ0v) is 21.4. The van der Waals surface area contributed by atoms with Gasteiger partial charge >= 0.3 is 0 Å². The van der Waals surface area contributed by atoms with Gasteiger partial charge in [-0.25, -0.2) is 9.97 Å². The topological polar surface area (TPSA) is 70.2 Å². The van der Waals surface area contributed by atoms with Crippen molar-refractivity contribution in [1.82, 2.24) is 20.2 Å². The number of nitrogens with zero attached hydrogens (tertiary/aromatic N) is 3. The van der Waals surface area contributed by atoms with Gasteiger partial charge in [0.2, 0.25) is 11.9 Å². The Balaban J connectivity index is 1.29. The molecule has 2 N–H and O–H groups in total. The number of aromatic nitrogens is 2. The van der Waals surface area contributed by atoms with Crippen LogP contribution < -0.4 is 10.6 Å². The van der Waals surface area contributed by atoms with E-state index < -0.39 is 4.75 Å². The first-order chi connectivity index (χ1) is 17.5. The molecule has 182 valence electrons. The molecule has 6 nitrogen and oxygen atoms in total. The van der Waals surface area contributed by atoms with Gasteiger partial charge in [-0.2, -0.15) is 0 Å². The summed E-state index contributed by atoms with van der Waals surface area (Å²) in [6.45, 7) is 7.45. The van der Waals surface area contributed by atoms with Gasteiger partial charge in [0.15, 0.2) is 0 Å². The molecule has 3 heterocycles. The lowest BCUT2D eigenvalue weighted by molar-refractivity contribution is -0.133. The third-order valence-electron chi connectivity index (χ3n) is 7.10. The summed E-state index contributed by atoms with van der Waals surface area (Å²) in [7, 11) is 0. The summed E-state index contributed by atoms with van der Waals surface area (Å²) >= 11 is 1.67. The van der Waals surface area contributed by atoms with Gasteiger partial charge in [-0.15, -0.1) is 11.8 Å². The van der Waals surface area contributed by atoms with E-state index in [4.69, 9.17) is 4.98 Å². The number of carbonyl (C=O) groups is 1. The summed E-state index contributed by atoms with van der Waals surface area (Å²) in [5.41, 5.74) is 6.60. The number of hydrogen-bond acceptors (Lipinski definition) is 6. The number of thioether (sulfide) groups is 1. The summed E-state index contributed by atoms with van der Waals surface area (Å²) in [5.74, 6) is 0.781. The van der Waals surface area contributed by atoms with Crippen LogP contribution in [0.1, 0.15) is 18.1 Å². The fraction of sp³-hybridized carbons (Fsp3) is 0.276.